The highest BCUT2D eigenvalue weighted by molar-refractivity contribution is 7.16. The molecule has 2 heterocycles. The van der Waals surface area contributed by atoms with Gasteiger partial charge < -0.3 is 4.74 Å². The van der Waals surface area contributed by atoms with Gasteiger partial charge in [-0.25, -0.2) is 9.37 Å². The zero-order valence-corrected chi connectivity index (χ0v) is 15.6. The first-order valence-corrected chi connectivity index (χ1v) is 9.59. The van der Waals surface area contributed by atoms with Crippen LogP contribution in [0.15, 0.2) is 35.1 Å². The minimum Gasteiger partial charge on any atom is -0.458 e. The Morgan fingerprint density at radius 2 is 2.00 bits per heavy atom. The van der Waals surface area contributed by atoms with Gasteiger partial charge in [-0.1, -0.05) is 36.3 Å². The fraction of sp³-hybridized carbons (Fsp3) is 0.368. The van der Waals surface area contributed by atoms with E-state index in [0.29, 0.717) is 28.5 Å². The van der Waals surface area contributed by atoms with Gasteiger partial charge in [0.05, 0.1) is 5.41 Å². The Hall–Kier alpha value is -2.61. The van der Waals surface area contributed by atoms with E-state index in [2.05, 4.69) is 10.1 Å². The van der Waals surface area contributed by atoms with Crippen LogP contribution in [0.25, 0.3) is 4.96 Å². The van der Waals surface area contributed by atoms with Crippen molar-refractivity contribution in [2.45, 2.75) is 44.6 Å². The number of hydrogen-bond acceptors (Lipinski definition) is 6. The molecule has 1 aliphatic rings. The predicted octanol–water partition coefficient (Wildman–Crippen LogP) is 3.15. The average molecular weight is 387 g/mol. The van der Waals surface area contributed by atoms with Crippen LogP contribution in [0, 0.1) is 12.7 Å². The Labute approximate surface area is 158 Å². The van der Waals surface area contributed by atoms with E-state index >= 15 is 0 Å². The fourth-order valence-corrected chi connectivity index (χ4v) is 4.50. The number of halogens is 1. The van der Waals surface area contributed by atoms with Crippen LogP contribution in [0.3, 0.4) is 0 Å². The molecule has 0 atom stereocenters. The first-order chi connectivity index (χ1) is 13.0. The second-order valence-electron chi connectivity index (χ2n) is 6.80. The molecular formula is C19H18FN3O3S. The maximum absolute atomic E-state index is 13.3. The predicted molar refractivity (Wildman–Crippen MR) is 98.2 cm³/mol. The summed E-state index contributed by atoms with van der Waals surface area (Å²) < 4.78 is 20.1. The molecule has 2 aromatic heterocycles. The first kappa shape index (κ1) is 17.8. The largest absolute Gasteiger partial charge is 0.458 e. The standard InChI is InChI=1S/C19H18FN3O3S/c1-12-10-16(24)23-18(21-12)27-15(22-23)11-26-17(25)19(8-2-3-9-19)13-4-6-14(20)7-5-13/h4-7,10H,2-3,8-9,11H2,1H3. The Balaban J connectivity index is 1.56. The molecule has 1 fully saturated rings. The number of ether oxygens (including phenoxy) is 1. The first-order valence-electron chi connectivity index (χ1n) is 8.78. The maximum Gasteiger partial charge on any atom is 0.316 e. The molecule has 0 saturated heterocycles. The van der Waals surface area contributed by atoms with Crippen molar-refractivity contribution in [1.29, 1.82) is 0 Å². The number of aromatic nitrogens is 3. The van der Waals surface area contributed by atoms with Gasteiger partial charge in [0.1, 0.15) is 12.4 Å². The number of rotatable bonds is 4. The molecule has 27 heavy (non-hydrogen) atoms. The number of benzene rings is 1. The third kappa shape index (κ3) is 3.25. The molecule has 0 amide bonds. The number of esters is 1. The van der Waals surface area contributed by atoms with Crippen LogP contribution in [0.4, 0.5) is 4.39 Å². The van der Waals surface area contributed by atoms with Crippen LogP contribution in [0.5, 0.6) is 0 Å². The van der Waals surface area contributed by atoms with E-state index in [1.54, 1.807) is 19.1 Å². The lowest BCUT2D eigenvalue weighted by molar-refractivity contribution is -0.152. The van der Waals surface area contributed by atoms with Gasteiger partial charge in [0.15, 0.2) is 5.01 Å². The van der Waals surface area contributed by atoms with Gasteiger partial charge in [-0.15, -0.1) is 0 Å². The minimum atomic E-state index is -0.740. The Bertz CT molecular complexity index is 1050. The Kier molecular flexibility index (Phi) is 4.51. The molecule has 1 aromatic carbocycles. The molecule has 4 rings (SSSR count). The molecule has 0 radical (unpaired) electrons. The van der Waals surface area contributed by atoms with Crippen molar-refractivity contribution in [1.82, 2.24) is 14.6 Å². The quantitative estimate of drug-likeness (QED) is 0.643. The van der Waals surface area contributed by atoms with Gasteiger partial charge in [-0.2, -0.15) is 9.61 Å². The van der Waals surface area contributed by atoms with Crippen molar-refractivity contribution in [3.63, 3.8) is 0 Å². The van der Waals surface area contributed by atoms with E-state index in [4.69, 9.17) is 4.74 Å². The summed E-state index contributed by atoms with van der Waals surface area (Å²) in [5.41, 5.74) is 0.401. The molecule has 1 saturated carbocycles. The Morgan fingerprint density at radius 3 is 2.70 bits per heavy atom. The normalized spacial score (nSPS) is 15.9. The molecule has 1 aliphatic carbocycles. The van der Waals surface area contributed by atoms with Crippen LogP contribution >= 0.6 is 11.3 Å². The summed E-state index contributed by atoms with van der Waals surface area (Å²) in [6.45, 7) is 1.72. The average Bonchev–Trinajstić information content (AvgIpc) is 3.28. The lowest BCUT2D eigenvalue weighted by Gasteiger charge is -2.27. The zero-order valence-electron chi connectivity index (χ0n) is 14.8. The third-order valence-corrected chi connectivity index (χ3v) is 5.87. The summed E-state index contributed by atoms with van der Waals surface area (Å²) in [7, 11) is 0. The van der Waals surface area contributed by atoms with E-state index in [-0.39, 0.29) is 24.0 Å². The van der Waals surface area contributed by atoms with Crippen LogP contribution in [-0.2, 0) is 21.6 Å². The van der Waals surface area contributed by atoms with Crippen LogP contribution in [0.1, 0.15) is 41.9 Å². The van der Waals surface area contributed by atoms with Crippen LogP contribution in [0.2, 0.25) is 0 Å². The lowest BCUT2D eigenvalue weighted by Crippen LogP contribution is -2.34. The Morgan fingerprint density at radius 1 is 1.30 bits per heavy atom. The molecule has 3 aromatic rings. The van der Waals surface area contributed by atoms with E-state index in [9.17, 15) is 14.0 Å². The van der Waals surface area contributed by atoms with Gasteiger partial charge in [-0.05, 0) is 37.5 Å². The molecule has 0 N–H and O–H groups in total. The second-order valence-corrected chi connectivity index (χ2v) is 7.84. The molecule has 0 aliphatic heterocycles. The number of aryl methyl sites for hydroxylation is 1. The summed E-state index contributed by atoms with van der Waals surface area (Å²) >= 11 is 1.22. The molecule has 8 heteroatoms. The van der Waals surface area contributed by atoms with Gasteiger partial charge in [0.2, 0.25) is 4.96 Å². The van der Waals surface area contributed by atoms with Crippen molar-refractivity contribution < 1.29 is 13.9 Å². The number of carbonyl (C=O) groups excluding carboxylic acids is 1. The van der Waals surface area contributed by atoms with Crippen LogP contribution in [-0.4, -0.2) is 20.6 Å². The van der Waals surface area contributed by atoms with Crippen molar-refractivity contribution in [3.05, 3.63) is 62.8 Å². The van der Waals surface area contributed by atoms with E-state index in [1.807, 2.05) is 0 Å². The minimum absolute atomic E-state index is 0.0196. The van der Waals surface area contributed by atoms with Gasteiger partial charge in [0, 0.05) is 11.8 Å². The number of hydrogen-bond donors (Lipinski definition) is 0. The van der Waals surface area contributed by atoms with Crippen molar-refractivity contribution in [2.24, 2.45) is 0 Å². The molecule has 0 spiro atoms. The highest BCUT2D eigenvalue weighted by atomic mass is 32.1. The van der Waals surface area contributed by atoms with E-state index in [0.717, 1.165) is 18.4 Å². The monoisotopic (exact) mass is 387 g/mol. The van der Waals surface area contributed by atoms with E-state index in [1.165, 1.54) is 34.1 Å². The summed E-state index contributed by atoms with van der Waals surface area (Å²) in [4.78, 5) is 29.6. The third-order valence-electron chi connectivity index (χ3n) is 4.99. The number of carbonyl (C=O) groups is 1. The molecule has 0 unspecified atom stereocenters. The number of nitrogens with zero attached hydrogens (tertiary/aromatic N) is 3. The molecule has 140 valence electrons. The summed E-state index contributed by atoms with van der Waals surface area (Å²) in [5, 5.41) is 4.70. The van der Waals surface area contributed by atoms with Gasteiger partial charge in [0.25, 0.3) is 5.56 Å². The molecule has 6 nitrogen and oxygen atoms in total. The molecule has 0 bridgehead atoms. The van der Waals surface area contributed by atoms with Crippen LogP contribution < -0.4 is 5.56 Å². The topological polar surface area (TPSA) is 73.6 Å². The summed E-state index contributed by atoms with van der Waals surface area (Å²) in [5.74, 6) is -0.662. The maximum atomic E-state index is 13.3. The highest BCUT2D eigenvalue weighted by Crippen LogP contribution is 2.42. The van der Waals surface area contributed by atoms with Crippen molar-refractivity contribution in [2.75, 3.05) is 0 Å². The van der Waals surface area contributed by atoms with Crippen molar-refractivity contribution >= 4 is 22.3 Å². The number of fused-ring (bicyclic) bond motifs is 1. The highest BCUT2D eigenvalue weighted by Gasteiger charge is 2.44. The molecular weight excluding hydrogens is 369 g/mol. The summed E-state index contributed by atoms with van der Waals surface area (Å²) in [6.07, 6.45) is 3.20. The SMILES string of the molecule is Cc1cc(=O)n2nc(COC(=O)C3(c4ccc(F)cc4)CCCC3)sc2n1. The van der Waals surface area contributed by atoms with E-state index < -0.39 is 5.41 Å². The van der Waals surface area contributed by atoms with Gasteiger partial charge >= 0.3 is 5.97 Å². The summed E-state index contributed by atoms with van der Waals surface area (Å²) in [6, 6.07) is 7.47. The van der Waals surface area contributed by atoms with Crippen molar-refractivity contribution in [3.8, 4) is 0 Å². The second kappa shape index (κ2) is 6.84. The lowest BCUT2D eigenvalue weighted by atomic mass is 9.79. The smallest absolute Gasteiger partial charge is 0.316 e. The van der Waals surface area contributed by atoms with Gasteiger partial charge in [-0.3, -0.25) is 9.59 Å². The zero-order chi connectivity index (χ0) is 19.0. The fourth-order valence-electron chi connectivity index (χ4n) is 3.64.